The Balaban J connectivity index is 0.00000338. The summed E-state index contributed by atoms with van der Waals surface area (Å²) in [5, 5.41) is 6.60. The molecule has 0 unspecified atom stereocenters. The number of nitrogens with zero attached hydrogens (tertiary/aromatic N) is 2. The predicted molar refractivity (Wildman–Crippen MR) is 118 cm³/mol. The number of benzene rings is 1. The lowest BCUT2D eigenvalue weighted by atomic mass is 10.3. The van der Waals surface area contributed by atoms with Crippen LogP contribution in [0.1, 0.15) is 26.2 Å². The van der Waals surface area contributed by atoms with Crippen LogP contribution in [0.4, 0.5) is 0 Å². The van der Waals surface area contributed by atoms with Crippen molar-refractivity contribution in [2.24, 2.45) is 4.99 Å². The third-order valence-electron chi connectivity index (χ3n) is 4.17. The molecule has 2 rings (SSSR count). The Hall–Kier alpha value is -1.22. The molecule has 7 heteroatoms. The Labute approximate surface area is 174 Å². The summed E-state index contributed by atoms with van der Waals surface area (Å²) >= 11 is 0. The number of likely N-dealkylation sites (tertiary alicyclic amines) is 1. The Kier molecular flexibility index (Phi) is 12.2. The van der Waals surface area contributed by atoms with E-state index in [-0.39, 0.29) is 24.0 Å². The van der Waals surface area contributed by atoms with Crippen LogP contribution in [0.2, 0.25) is 0 Å². The summed E-state index contributed by atoms with van der Waals surface area (Å²) in [5.41, 5.74) is 0. The van der Waals surface area contributed by atoms with E-state index in [2.05, 4.69) is 27.4 Å². The topological polar surface area (TPSA) is 58.1 Å². The average molecular weight is 476 g/mol. The van der Waals surface area contributed by atoms with Gasteiger partial charge >= 0.3 is 0 Å². The highest BCUT2D eigenvalue weighted by Gasteiger charge is 2.09. The number of hydrogen-bond donors (Lipinski definition) is 2. The Morgan fingerprint density at radius 2 is 1.81 bits per heavy atom. The molecule has 1 aromatic rings. The van der Waals surface area contributed by atoms with Gasteiger partial charge in [0, 0.05) is 13.1 Å². The molecular weight excluding hydrogens is 443 g/mol. The first kappa shape index (κ1) is 22.8. The highest BCUT2D eigenvalue weighted by molar-refractivity contribution is 14.0. The van der Waals surface area contributed by atoms with Gasteiger partial charge in [-0.1, -0.05) is 0 Å². The van der Waals surface area contributed by atoms with E-state index in [1.54, 1.807) is 7.11 Å². The van der Waals surface area contributed by atoms with Crippen LogP contribution < -0.4 is 20.1 Å². The predicted octanol–water partition coefficient (Wildman–Crippen LogP) is 2.73. The summed E-state index contributed by atoms with van der Waals surface area (Å²) in [5.74, 6) is 2.54. The Morgan fingerprint density at radius 3 is 2.46 bits per heavy atom. The molecular formula is C19H33IN4O2. The van der Waals surface area contributed by atoms with E-state index in [1.165, 1.54) is 25.9 Å². The number of halogens is 1. The van der Waals surface area contributed by atoms with Crippen LogP contribution in [0, 0.1) is 0 Å². The van der Waals surface area contributed by atoms with Gasteiger partial charge in [0.2, 0.25) is 0 Å². The Morgan fingerprint density at radius 1 is 1.12 bits per heavy atom. The number of aliphatic imine (C=N–C) groups is 1. The summed E-state index contributed by atoms with van der Waals surface area (Å²) in [6.07, 6.45) is 3.81. The molecule has 1 heterocycles. The summed E-state index contributed by atoms with van der Waals surface area (Å²) in [6.45, 7) is 8.76. The van der Waals surface area contributed by atoms with Crippen molar-refractivity contribution in [3.05, 3.63) is 24.3 Å². The highest BCUT2D eigenvalue weighted by atomic mass is 127. The number of rotatable bonds is 10. The molecule has 2 N–H and O–H groups in total. The zero-order valence-corrected chi connectivity index (χ0v) is 18.3. The van der Waals surface area contributed by atoms with E-state index >= 15 is 0 Å². The molecule has 0 aromatic heterocycles. The number of hydrogen-bond acceptors (Lipinski definition) is 4. The van der Waals surface area contributed by atoms with Crippen LogP contribution in [0.5, 0.6) is 11.5 Å². The highest BCUT2D eigenvalue weighted by Crippen LogP contribution is 2.16. The van der Waals surface area contributed by atoms with Gasteiger partial charge in [0.1, 0.15) is 18.1 Å². The molecule has 1 aromatic carbocycles. The van der Waals surface area contributed by atoms with Crippen LogP contribution in [0.3, 0.4) is 0 Å². The Bertz CT molecular complexity index is 505. The monoisotopic (exact) mass is 476 g/mol. The van der Waals surface area contributed by atoms with E-state index in [0.717, 1.165) is 43.5 Å². The molecule has 0 spiro atoms. The first-order valence-corrected chi connectivity index (χ1v) is 9.33. The fourth-order valence-corrected chi connectivity index (χ4v) is 2.84. The minimum atomic E-state index is 0. The summed E-state index contributed by atoms with van der Waals surface area (Å²) in [6, 6.07) is 7.62. The molecule has 0 amide bonds. The summed E-state index contributed by atoms with van der Waals surface area (Å²) < 4.78 is 10.9. The SMILES string of the molecule is CCNC(=NCCCN1CCCC1)NCCOc1ccc(OC)cc1.I. The van der Waals surface area contributed by atoms with E-state index in [4.69, 9.17) is 9.47 Å². The zero-order valence-electron chi connectivity index (χ0n) is 16.0. The number of guanidine groups is 1. The lowest BCUT2D eigenvalue weighted by molar-refractivity contribution is 0.321. The largest absolute Gasteiger partial charge is 0.497 e. The van der Waals surface area contributed by atoms with Gasteiger partial charge < -0.3 is 25.0 Å². The van der Waals surface area contributed by atoms with Gasteiger partial charge in [-0.05, 0) is 70.1 Å². The molecule has 148 valence electrons. The maximum atomic E-state index is 5.72. The van der Waals surface area contributed by atoms with Crippen molar-refractivity contribution in [1.29, 1.82) is 0 Å². The molecule has 1 saturated heterocycles. The van der Waals surface area contributed by atoms with Gasteiger partial charge in [-0.15, -0.1) is 24.0 Å². The number of methoxy groups -OCH3 is 1. The smallest absolute Gasteiger partial charge is 0.191 e. The lowest BCUT2D eigenvalue weighted by Gasteiger charge is -2.14. The van der Waals surface area contributed by atoms with Gasteiger partial charge in [-0.2, -0.15) is 0 Å². The molecule has 1 aliphatic rings. The zero-order chi connectivity index (χ0) is 17.7. The molecule has 0 aliphatic carbocycles. The molecule has 0 atom stereocenters. The average Bonchev–Trinajstić information content (AvgIpc) is 3.16. The van der Waals surface area contributed by atoms with Crippen LogP contribution in [-0.2, 0) is 0 Å². The van der Waals surface area contributed by atoms with Gasteiger partial charge in [0.25, 0.3) is 0 Å². The van der Waals surface area contributed by atoms with Crippen LogP contribution >= 0.6 is 24.0 Å². The molecule has 1 aliphatic heterocycles. The van der Waals surface area contributed by atoms with Crippen LogP contribution in [0.15, 0.2) is 29.3 Å². The quantitative estimate of drug-likeness (QED) is 0.236. The van der Waals surface area contributed by atoms with Crippen molar-refractivity contribution < 1.29 is 9.47 Å². The summed E-state index contributed by atoms with van der Waals surface area (Å²) in [4.78, 5) is 7.16. The number of ether oxygens (including phenoxy) is 2. The van der Waals surface area contributed by atoms with Crippen molar-refractivity contribution in [1.82, 2.24) is 15.5 Å². The molecule has 0 bridgehead atoms. The second-order valence-corrected chi connectivity index (χ2v) is 6.11. The van der Waals surface area contributed by atoms with Crippen molar-refractivity contribution in [3.63, 3.8) is 0 Å². The fraction of sp³-hybridized carbons (Fsp3) is 0.632. The summed E-state index contributed by atoms with van der Waals surface area (Å²) in [7, 11) is 1.66. The standard InChI is InChI=1S/C19H32N4O2.HI/c1-3-20-19(21-11-6-15-23-13-4-5-14-23)22-12-16-25-18-9-7-17(24-2)8-10-18;/h7-10H,3-6,11-16H2,1-2H3,(H2,20,21,22);1H. The van der Waals surface area contributed by atoms with Gasteiger partial charge in [0.05, 0.1) is 13.7 Å². The van der Waals surface area contributed by atoms with Crippen LogP contribution in [0.25, 0.3) is 0 Å². The van der Waals surface area contributed by atoms with Crippen molar-refractivity contribution in [2.75, 3.05) is 53.0 Å². The molecule has 0 radical (unpaired) electrons. The van der Waals surface area contributed by atoms with Gasteiger partial charge in [-0.3, -0.25) is 4.99 Å². The maximum absolute atomic E-state index is 5.72. The normalized spacial score (nSPS) is 14.6. The van der Waals surface area contributed by atoms with E-state index in [9.17, 15) is 0 Å². The molecule has 6 nitrogen and oxygen atoms in total. The van der Waals surface area contributed by atoms with Crippen molar-refractivity contribution in [3.8, 4) is 11.5 Å². The van der Waals surface area contributed by atoms with Gasteiger partial charge in [0.15, 0.2) is 5.96 Å². The van der Waals surface area contributed by atoms with E-state index in [0.29, 0.717) is 13.2 Å². The lowest BCUT2D eigenvalue weighted by Crippen LogP contribution is -2.39. The van der Waals surface area contributed by atoms with E-state index in [1.807, 2.05) is 24.3 Å². The van der Waals surface area contributed by atoms with E-state index < -0.39 is 0 Å². The minimum absolute atomic E-state index is 0. The number of nitrogens with one attached hydrogen (secondary N) is 2. The van der Waals surface area contributed by atoms with Crippen molar-refractivity contribution in [2.45, 2.75) is 26.2 Å². The van der Waals surface area contributed by atoms with Crippen LogP contribution in [-0.4, -0.2) is 63.8 Å². The first-order chi connectivity index (χ1) is 12.3. The third kappa shape index (κ3) is 8.93. The minimum Gasteiger partial charge on any atom is -0.497 e. The second kappa shape index (κ2) is 13.9. The molecule has 26 heavy (non-hydrogen) atoms. The first-order valence-electron chi connectivity index (χ1n) is 9.33. The van der Waals surface area contributed by atoms with Crippen molar-refractivity contribution >= 4 is 29.9 Å². The second-order valence-electron chi connectivity index (χ2n) is 6.11. The maximum Gasteiger partial charge on any atom is 0.191 e. The molecule has 0 saturated carbocycles. The fourth-order valence-electron chi connectivity index (χ4n) is 2.84. The third-order valence-corrected chi connectivity index (χ3v) is 4.17. The molecule has 1 fully saturated rings. The van der Waals surface area contributed by atoms with Gasteiger partial charge in [-0.25, -0.2) is 0 Å².